The van der Waals surface area contributed by atoms with E-state index in [1.807, 2.05) is 30.3 Å². The van der Waals surface area contributed by atoms with E-state index in [1.54, 1.807) is 51.2 Å². The first-order valence-electron chi connectivity index (χ1n) is 21.1. The summed E-state index contributed by atoms with van der Waals surface area (Å²) >= 11 is 0. The number of ether oxygens (including phenoxy) is 1. The predicted molar refractivity (Wildman–Crippen MR) is 241 cm³/mol. The van der Waals surface area contributed by atoms with Gasteiger partial charge in [0.1, 0.15) is 48.8 Å². The molecule has 5 rings (SSSR count). The van der Waals surface area contributed by atoms with E-state index in [9.17, 15) is 29.1 Å². The lowest BCUT2D eigenvalue weighted by atomic mass is 9.86. The molecule has 3 aromatic carbocycles. The van der Waals surface area contributed by atoms with Crippen molar-refractivity contribution in [3.8, 4) is 40.1 Å². The molecule has 4 atom stereocenters. The number of aromatic hydroxyl groups is 1. The molecule has 64 heavy (non-hydrogen) atoms. The normalized spacial score (nSPS) is 16.8. The maximum absolute atomic E-state index is 14.6. The van der Waals surface area contributed by atoms with Gasteiger partial charge in [0.2, 0.25) is 23.6 Å². The summed E-state index contributed by atoms with van der Waals surface area (Å²) in [5.74, 6) is -2.74. The van der Waals surface area contributed by atoms with Crippen molar-refractivity contribution in [2.24, 2.45) is 5.73 Å². The molecule has 4 bridgehead atoms. The number of hydrogen-bond donors (Lipinski definition) is 7. The lowest BCUT2D eigenvalue weighted by Crippen LogP contribution is -2.56. The Morgan fingerprint density at radius 2 is 1.69 bits per heavy atom. The Bertz CT molecular complexity index is 2400. The smallest absolute Gasteiger partial charge is 0.255 e. The molecule has 1 aliphatic rings. The Hall–Kier alpha value is -6.90. The van der Waals surface area contributed by atoms with Crippen LogP contribution in [0.5, 0.6) is 11.5 Å². The third-order valence-corrected chi connectivity index (χ3v) is 11.0. The van der Waals surface area contributed by atoms with Crippen LogP contribution in [0.3, 0.4) is 0 Å². The lowest BCUT2D eigenvalue weighted by Gasteiger charge is -2.32. The van der Waals surface area contributed by atoms with Gasteiger partial charge in [-0.25, -0.2) is 9.97 Å². The number of hydrogen-bond acceptors (Lipinski definition) is 12. The summed E-state index contributed by atoms with van der Waals surface area (Å²) in [7, 11) is 3.17. The maximum Gasteiger partial charge on any atom is 0.255 e. The molecule has 17 nitrogen and oxygen atoms in total. The van der Waals surface area contributed by atoms with E-state index in [4.69, 9.17) is 15.7 Å². The standard InChI is InChI=1S/C47H58N10O7/c1-26-39(27(2)53-41(52-26)30-10-13-32(14-11-30)47(4,5)6)44(61)55-35(17-18-48)46(63)57(8)40-31-12-16-38(64-22-21-50-7)34(25-31)33-23-29(9-15-37(33)58)24-36(43(60)51-20-19-49)56-42(59)28(3)54-45(40)62/h9-16,23,25,28,35-36,40,50,58H,17-18,20-22,24,48H2,1-8H3,(H,51,60)(H,54,62)(H,55,61)(H,56,59)/t28-,35-,36-,40-/m0/s1. The number of carbonyl (C=O) groups excluding carboxylic acids is 5. The zero-order valence-corrected chi connectivity index (χ0v) is 37.6. The van der Waals surface area contributed by atoms with Gasteiger partial charge in [-0.3, -0.25) is 24.0 Å². The average molecular weight is 875 g/mol. The molecule has 0 saturated heterocycles. The molecule has 0 spiro atoms. The summed E-state index contributed by atoms with van der Waals surface area (Å²) < 4.78 is 6.13. The first-order chi connectivity index (χ1) is 30.4. The van der Waals surface area contributed by atoms with Crippen molar-refractivity contribution < 1.29 is 33.8 Å². The number of rotatable bonds is 13. The van der Waals surface area contributed by atoms with Gasteiger partial charge in [-0.15, -0.1) is 0 Å². The van der Waals surface area contributed by atoms with Gasteiger partial charge in [-0.2, -0.15) is 5.26 Å². The number of fused-ring (bicyclic) bond motifs is 5. The van der Waals surface area contributed by atoms with Gasteiger partial charge < -0.3 is 47.1 Å². The number of nitrogens with one attached hydrogen (secondary N) is 5. The molecule has 0 unspecified atom stereocenters. The fourth-order valence-corrected chi connectivity index (χ4v) is 7.46. The van der Waals surface area contributed by atoms with Crippen LogP contribution in [0.15, 0.2) is 60.7 Å². The second-order valence-electron chi connectivity index (χ2n) is 16.8. The highest BCUT2D eigenvalue weighted by atomic mass is 16.5. The minimum absolute atomic E-state index is 0.00136. The maximum atomic E-state index is 14.6. The summed E-state index contributed by atoms with van der Waals surface area (Å²) in [6.45, 7) is 11.6. The molecule has 2 heterocycles. The first kappa shape index (κ1) is 48.1. The van der Waals surface area contributed by atoms with E-state index in [0.29, 0.717) is 40.6 Å². The van der Waals surface area contributed by atoms with Crippen LogP contribution in [-0.4, -0.2) is 108 Å². The third-order valence-electron chi connectivity index (χ3n) is 11.0. The Morgan fingerprint density at radius 1 is 1.00 bits per heavy atom. The van der Waals surface area contributed by atoms with Crippen molar-refractivity contribution >= 4 is 29.5 Å². The van der Waals surface area contributed by atoms with E-state index < -0.39 is 53.7 Å². The molecular weight excluding hydrogens is 817 g/mol. The zero-order chi connectivity index (χ0) is 46.9. The Kier molecular flexibility index (Phi) is 15.8. The monoisotopic (exact) mass is 874 g/mol. The Labute approximate surface area is 373 Å². The average Bonchev–Trinajstić information content (AvgIpc) is 3.25. The molecule has 0 radical (unpaired) electrons. The molecule has 1 aromatic heterocycles. The first-order valence-corrected chi connectivity index (χ1v) is 21.1. The largest absolute Gasteiger partial charge is 0.507 e. The van der Waals surface area contributed by atoms with Gasteiger partial charge in [0, 0.05) is 36.7 Å². The van der Waals surface area contributed by atoms with Gasteiger partial charge in [0.25, 0.3) is 5.91 Å². The number of likely N-dealkylation sites (N-methyl/N-ethyl adjacent to an activating group) is 2. The van der Waals surface area contributed by atoms with E-state index in [2.05, 4.69) is 57.3 Å². The molecular formula is C47H58N10O7. The number of carbonyl (C=O) groups is 5. The summed E-state index contributed by atoms with van der Waals surface area (Å²) in [6, 6.07) is 14.3. The SMILES string of the molecule is CNCCOc1ccc2cc1-c1cc(ccc1O)C[C@@H](C(=O)NCC#N)NC(=O)[C@H](C)NC(=O)[C@H]2N(C)C(=O)[C@H](CCN)NC(=O)c1c(C)nc(-c2ccc(C(C)(C)C)cc2)nc1C. The van der Waals surface area contributed by atoms with Crippen molar-refractivity contribution in [2.45, 2.75) is 84.0 Å². The van der Waals surface area contributed by atoms with Gasteiger partial charge in [0.15, 0.2) is 5.82 Å². The quantitative estimate of drug-likeness (QED) is 0.0757. The van der Waals surface area contributed by atoms with Crippen LogP contribution in [0.2, 0.25) is 0 Å². The minimum Gasteiger partial charge on any atom is -0.507 e. The highest BCUT2D eigenvalue weighted by Gasteiger charge is 2.36. The highest BCUT2D eigenvalue weighted by molar-refractivity contribution is 6.00. The number of aryl methyl sites for hydroxylation is 2. The molecule has 0 aliphatic carbocycles. The Morgan fingerprint density at radius 3 is 2.31 bits per heavy atom. The number of nitriles is 1. The second-order valence-corrected chi connectivity index (χ2v) is 16.8. The number of phenols is 1. The van der Waals surface area contributed by atoms with E-state index in [0.717, 1.165) is 11.1 Å². The van der Waals surface area contributed by atoms with Crippen LogP contribution >= 0.6 is 0 Å². The summed E-state index contributed by atoms with van der Waals surface area (Å²) in [5, 5.41) is 34.1. The fourth-order valence-electron chi connectivity index (χ4n) is 7.46. The molecule has 5 amide bonds. The van der Waals surface area contributed by atoms with Crippen LogP contribution in [0, 0.1) is 25.2 Å². The zero-order valence-electron chi connectivity index (χ0n) is 37.6. The molecule has 4 aromatic rings. The van der Waals surface area contributed by atoms with Crippen molar-refractivity contribution in [3.63, 3.8) is 0 Å². The predicted octanol–water partition coefficient (Wildman–Crippen LogP) is 2.86. The van der Waals surface area contributed by atoms with Gasteiger partial charge in [0.05, 0.1) is 23.0 Å². The third kappa shape index (κ3) is 11.4. The van der Waals surface area contributed by atoms with Crippen LogP contribution in [0.25, 0.3) is 22.5 Å². The molecule has 0 saturated carbocycles. The van der Waals surface area contributed by atoms with Crippen LogP contribution in [-0.2, 0) is 31.0 Å². The molecule has 0 fully saturated rings. The topological polar surface area (TPSA) is 254 Å². The number of nitrogens with zero attached hydrogens (tertiary/aromatic N) is 4. The summed E-state index contributed by atoms with van der Waals surface area (Å²) in [5.41, 5.74) is 10.4. The number of aromatic nitrogens is 2. The van der Waals surface area contributed by atoms with Gasteiger partial charge in [-0.05, 0) is 87.2 Å². The van der Waals surface area contributed by atoms with Crippen molar-refractivity contribution in [1.29, 1.82) is 5.26 Å². The summed E-state index contributed by atoms with van der Waals surface area (Å²) in [4.78, 5) is 80.5. The number of amides is 5. The number of nitrogens with two attached hydrogens (primary N) is 1. The summed E-state index contributed by atoms with van der Waals surface area (Å²) in [6.07, 6.45) is -0.0277. The van der Waals surface area contributed by atoms with Crippen LogP contribution in [0.1, 0.15) is 78.6 Å². The van der Waals surface area contributed by atoms with Crippen molar-refractivity contribution in [2.75, 3.05) is 40.3 Å². The minimum atomic E-state index is -1.41. The number of phenolic OH excluding ortho intramolecular Hbond substituents is 1. The fraction of sp³-hybridized carbons (Fsp3) is 0.404. The second kappa shape index (κ2) is 21.0. The molecule has 8 N–H and O–H groups in total. The van der Waals surface area contributed by atoms with E-state index in [1.165, 1.54) is 24.9 Å². The Balaban J connectivity index is 1.54. The van der Waals surface area contributed by atoms with Crippen molar-refractivity contribution in [1.82, 2.24) is 41.5 Å². The van der Waals surface area contributed by atoms with Gasteiger partial charge >= 0.3 is 0 Å². The molecule has 1 aliphatic heterocycles. The van der Waals surface area contributed by atoms with E-state index in [-0.39, 0.29) is 60.4 Å². The lowest BCUT2D eigenvalue weighted by molar-refractivity contribution is -0.141. The highest BCUT2D eigenvalue weighted by Crippen LogP contribution is 2.39. The number of benzene rings is 3. The van der Waals surface area contributed by atoms with Gasteiger partial charge in [-0.1, -0.05) is 57.2 Å². The van der Waals surface area contributed by atoms with Crippen LogP contribution < -0.4 is 37.1 Å². The van der Waals surface area contributed by atoms with Crippen molar-refractivity contribution in [3.05, 3.63) is 94.3 Å². The molecule has 17 heteroatoms. The van der Waals surface area contributed by atoms with E-state index >= 15 is 0 Å². The van der Waals surface area contributed by atoms with Crippen LogP contribution in [0.4, 0.5) is 0 Å². The molecule has 338 valence electrons.